The zero-order valence-electron chi connectivity index (χ0n) is 16.5. The molecule has 0 atom stereocenters. The summed E-state index contributed by atoms with van der Waals surface area (Å²) in [6, 6.07) is 7.80. The first-order valence-corrected chi connectivity index (χ1v) is 9.70. The number of nitrogens with zero attached hydrogens (tertiary/aromatic N) is 1. The Bertz CT molecular complexity index is 1080. The minimum absolute atomic E-state index is 0.146. The van der Waals surface area contributed by atoms with Crippen LogP contribution in [-0.2, 0) is 9.47 Å². The van der Waals surface area contributed by atoms with Crippen molar-refractivity contribution in [3.8, 4) is 10.6 Å². The average Bonchev–Trinajstić information content (AvgIpc) is 3.31. The van der Waals surface area contributed by atoms with Gasteiger partial charge in [0.15, 0.2) is 12.3 Å². The van der Waals surface area contributed by atoms with Crippen molar-refractivity contribution in [3.63, 3.8) is 0 Å². The van der Waals surface area contributed by atoms with Gasteiger partial charge in [0.05, 0.1) is 18.4 Å². The molecule has 29 heavy (non-hydrogen) atoms. The van der Waals surface area contributed by atoms with Gasteiger partial charge in [-0.05, 0) is 26.3 Å². The maximum Gasteiger partial charge on any atom is 0.358 e. The van der Waals surface area contributed by atoms with E-state index >= 15 is 0 Å². The number of carbonyl (C=O) groups excluding carboxylic acids is 3. The highest BCUT2D eigenvalue weighted by atomic mass is 32.1. The number of H-pyrrole nitrogens is 1. The Morgan fingerprint density at radius 1 is 1.07 bits per heavy atom. The highest BCUT2D eigenvalue weighted by molar-refractivity contribution is 7.13. The summed E-state index contributed by atoms with van der Waals surface area (Å²) in [4.78, 5) is 43.7. The molecular formula is C21H20N2O5S. The molecule has 1 aromatic carbocycles. The molecule has 3 aromatic rings. The van der Waals surface area contributed by atoms with Crippen LogP contribution < -0.4 is 0 Å². The van der Waals surface area contributed by atoms with Crippen molar-refractivity contribution < 1.29 is 23.9 Å². The van der Waals surface area contributed by atoms with Crippen LogP contribution in [0.3, 0.4) is 0 Å². The van der Waals surface area contributed by atoms with Gasteiger partial charge in [-0.2, -0.15) is 0 Å². The second-order valence-electron chi connectivity index (χ2n) is 6.52. The fourth-order valence-corrected chi connectivity index (χ4v) is 3.71. The molecule has 2 heterocycles. The van der Waals surface area contributed by atoms with Crippen molar-refractivity contribution in [2.75, 3.05) is 13.7 Å². The molecular weight excluding hydrogens is 392 g/mol. The van der Waals surface area contributed by atoms with Crippen molar-refractivity contribution >= 4 is 29.1 Å². The highest BCUT2D eigenvalue weighted by Crippen LogP contribution is 2.24. The second-order valence-corrected chi connectivity index (χ2v) is 7.38. The Kier molecular flexibility index (Phi) is 5.93. The van der Waals surface area contributed by atoms with Crippen LogP contribution in [0.25, 0.3) is 10.6 Å². The first-order chi connectivity index (χ1) is 13.8. The minimum Gasteiger partial charge on any atom is -0.465 e. The summed E-state index contributed by atoms with van der Waals surface area (Å²) in [5.41, 5.74) is 3.70. The predicted molar refractivity (Wildman–Crippen MR) is 109 cm³/mol. The van der Waals surface area contributed by atoms with E-state index in [1.54, 1.807) is 19.2 Å². The van der Waals surface area contributed by atoms with Crippen LogP contribution in [0.4, 0.5) is 0 Å². The number of hydrogen-bond acceptors (Lipinski definition) is 7. The maximum atomic E-state index is 12.5. The van der Waals surface area contributed by atoms with Crippen LogP contribution in [0.15, 0.2) is 29.6 Å². The minimum atomic E-state index is -0.679. The monoisotopic (exact) mass is 412 g/mol. The van der Waals surface area contributed by atoms with Gasteiger partial charge >= 0.3 is 11.9 Å². The zero-order valence-corrected chi connectivity index (χ0v) is 17.3. The lowest BCUT2D eigenvalue weighted by Gasteiger charge is -2.03. The first-order valence-electron chi connectivity index (χ1n) is 8.82. The fraction of sp³-hybridized carbons (Fsp3) is 0.238. The quantitative estimate of drug-likeness (QED) is 0.487. The fourth-order valence-electron chi connectivity index (χ4n) is 2.91. The lowest BCUT2D eigenvalue weighted by Crippen LogP contribution is -2.16. The van der Waals surface area contributed by atoms with Crippen molar-refractivity contribution in [1.29, 1.82) is 0 Å². The molecule has 0 spiro atoms. The number of aromatic amines is 1. The lowest BCUT2D eigenvalue weighted by molar-refractivity contribution is 0.0468. The number of Topliss-reactive ketones (excluding diaryl/α,β-unsaturated/α-hetero) is 1. The van der Waals surface area contributed by atoms with E-state index in [1.807, 2.05) is 31.2 Å². The summed E-state index contributed by atoms with van der Waals surface area (Å²) >= 11 is 1.33. The van der Waals surface area contributed by atoms with Gasteiger partial charge in [-0.3, -0.25) is 4.79 Å². The van der Waals surface area contributed by atoms with E-state index in [9.17, 15) is 14.4 Å². The molecule has 1 N–H and O–H groups in total. The number of ketones is 1. The molecule has 150 valence electrons. The Morgan fingerprint density at radius 3 is 2.41 bits per heavy atom. The van der Waals surface area contributed by atoms with E-state index in [0.29, 0.717) is 21.8 Å². The number of thiazole rings is 1. The second kappa shape index (κ2) is 8.40. The standard InChI is InChI=1S/C21H20N2O5S/c1-11-5-7-14(8-6-11)19-23-15(10-29-19)20(25)28-9-16(24)18-12(2)17(13(3)22-18)21(26)27-4/h5-8,10,22H,9H2,1-4H3. The number of hydrogen-bond donors (Lipinski definition) is 1. The summed E-state index contributed by atoms with van der Waals surface area (Å²) in [7, 11) is 1.27. The van der Waals surface area contributed by atoms with Gasteiger partial charge in [0.2, 0.25) is 5.78 Å². The summed E-state index contributed by atoms with van der Waals surface area (Å²) in [5, 5.41) is 2.29. The molecule has 0 radical (unpaired) electrons. The van der Waals surface area contributed by atoms with Crippen LogP contribution in [-0.4, -0.2) is 41.4 Å². The summed E-state index contributed by atoms with van der Waals surface area (Å²) in [6.07, 6.45) is 0. The lowest BCUT2D eigenvalue weighted by atomic mass is 10.1. The van der Waals surface area contributed by atoms with Gasteiger partial charge in [0.25, 0.3) is 0 Å². The molecule has 2 aromatic heterocycles. The Balaban J connectivity index is 1.68. The molecule has 0 amide bonds. The molecule has 8 heteroatoms. The first kappa shape index (κ1) is 20.5. The largest absolute Gasteiger partial charge is 0.465 e. The topological polar surface area (TPSA) is 98.4 Å². The van der Waals surface area contributed by atoms with Crippen LogP contribution in [0.2, 0.25) is 0 Å². The highest BCUT2D eigenvalue weighted by Gasteiger charge is 2.23. The molecule has 0 fully saturated rings. The van der Waals surface area contributed by atoms with Gasteiger partial charge in [0.1, 0.15) is 5.01 Å². The normalized spacial score (nSPS) is 10.6. The molecule has 0 aliphatic heterocycles. The molecule has 0 aliphatic carbocycles. The molecule has 7 nitrogen and oxygen atoms in total. The van der Waals surface area contributed by atoms with E-state index in [1.165, 1.54) is 18.4 Å². The van der Waals surface area contributed by atoms with Crippen molar-refractivity contribution in [2.45, 2.75) is 20.8 Å². The Hall–Kier alpha value is -3.26. The van der Waals surface area contributed by atoms with E-state index in [4.69, 9.17) is 9.47 Å². The van der Waals surface area contributed by atoms with Crippen molar-refractivity contribution in [2.24, 2.45) is 0 Å². The molecule has 0 saturated carbocycles. The van der Waals surface area contributed by atoms with Gasteiger partial charge in [0, 0.05) is 16.6 Å². The molecule has 0 aliphatic rings. The summed E-state index contributed by atoms with van der Waals surface area (Å²) < 4.78 is 9.85. The van der Waals surface area contributed by atoms with Gasteiger partial charge in [-0.1, -0.05) is 29.8 Å². The third-order valence-corrected chi connectivity index (χ3v) is 5.34. The van der Waals surface area contributed by atoms with Crippen LogP contribution in [0.5, 0.6) is 0 Å². The van der Waals surface area contributed by atoms with E-state index in [2.05, 4.69) is 9.97 Å². The van der Waals surface area contributed by atoms with E-state index < -0.39 is 24.3 Å². The van der Waals surface area contributed by atoms with Gasteiger partial charge < -0.3 is 14.5 Å². The number of rotatable bonds is 6. The average molecular weight is 412 g/mol. The van der Waals surface area contributed by atoms with Crippen LogP contribution in [0.1, 0.15) is 48.2 Å². The number of carbonyl (C=O) groups is 3. The predicted octanol–water partition coefficient (Wildman–Crippen LogP) is 3.89. The molecule has 3 rings (SSSR count). The number of aryl methyl sites for hydroxylation is 2. The van der Waals surface area contributed by atoms with Gasteiger partial charge in [-0.25, -0.2) is 14.6 Å². The number of nitrogens with one attached hydrogen (secondary N) is 1. The Morgan fingerprint density at radius 2 is 1.76 bits per heavy atom. The number of methoxy groups -OCH3 is 1. The zero-order chi connectivity index (χ0) is 21.1. The van der Waals surface area contributed by atoms with E-state index in [0.717, 1.165) is 11.1 Å². The third kappa shape index (κ3) is 4.27. The van der Waals surface area contributed by atoms with Crippen molar-refractivity contribution in [3.05, 3.63) is 63.4 Å². The van der Waals surface area contributed by atoms with Crippen molar-refractivity contribution in [1.82, 2.24) is 9.97 Å². The van der Waals surface area contributed by atoms with Crippen LogP contribution in [0, 0.1) is 20.8 Å². The number of ether oxygens (including phenoxy) is 2. The summed E-state index contributed by atoms with van der Waals surface area (Å²) in [5.74, 6) is -1.65. The van der Waals surface area contributed by atoms with Crippen LogP contribution >= 0.6 is 11.3 Å². The molecule has 0 bridgehead atoms. The number of benzene rings is 1. The molecule has 0 unspecified atom stereocenters. The smallest absolute Gasteiger partial charge is 0.358 e. The third-order valence-electron chi connectivity index (χ3n) is 4.45. The summed E-state index contributed by atoms with van der Waals surface area (Å²) in [6.45, 7) is 4.84. The SMILES string of the molecule is COC(=O)c1c(C)[nH]c(C(=O)COC(=O)c2csc(-c3ccc(C)cc3)n2)c1C. The number of esters is 2. The number of aromatic nitrogens is 2. The Labute approximate surface area is 171 Å². The van der Waals surface area contributed by atoms with Gasteiger partial charge in [-0.15, -0.1) is 11.3 Å². The molecule has 0 saturated heterocycles. The van der Waals surface area contributed by atoms with E-state index in [-0.39, 0.29) is 11.4 Å². The maximum absolute atomic E-state index is 12.5.